The summed E-state index contributed by atoms with van der Waals surface area (Å²) in [4.78, 5) is 2.49. The molecule has 0 saturated heterocycles. The van der Waals surface area contributed by atoms with Crippen LogP contribution in [-0.4, -0.2) is 14.8 Å². The Bertz CT molecular complexity index is 2630. The second-order valence-electron chi connectivity index (χ2n) is 18.2. The molecule has 0 N–H and O–H groups in total. The Morgan fingerprint density at radius 2 is 0.983 bits per heavy atom. The van der Waals surface area contributed by atoms with Crippen LogP contribution >= 0.6 is 0 Å². The van der Waals surface area contributed by atoms with Crippen LogP contribution in [0.2, 0.25) is 13.1 Å². The van der Waals surface area contributed by atoms with Gasteiger partial charge in [-0.2, -0.15) is 0 Å². The molecule has 0 fully saturated rings. The highest BCUT2D eigenvalue weighted by atomic mass is 28.3. The van der Waals surface area contributed by atoms with Gasteiger partial charge >= 0.3 is 0 Å². The van der Waals surface area contributed by atoms with Crippen LogP contribution in [0, 0.1) is 0 Å². The number of benzene rings is 7. The standard InChI is InChI=1S/C54H52BNOSi/c1-34(2)37-31-39(35(3)4)53(40(32-37)36(5)6)55-45-23-13-16-26-49(45)57-50-33-38(29-30-46(50)55)56-47-24-14-9-19-41(47)54(42-20-10-15-25-48(42)56)43-21-11-17-27-51(43)58(7,8)52-28-18-12-22-44(52)54/h9-36H,1-8H3. The summed E-state index contributed by atoms with van der Waals surface area (Å²) >= 11 is 0. The van der Waals surface area contributed by atoms with Crippen LogP contribution in [0.1, 0.15) is 98.2 Å². The maximum Gasteiger partial charge on any atom is 0.251 e. The third kappa shape index (κ3) is 5.16. The van der Waals surface area contributed by atoms with Gasteiger partial charge in [0.05, 0.1) is 16.8 Å². The maximum atomic E-state index is 7.00. The fourth-order valence-electron chi connectivity index (χ4n) is 10.8. The summed E-state index contributed by atoms with van der Waals surface area (Å²) < 4.78 is 7.00. The zero-order chi connectivity index (χ0) is 40.1. The third-order valence-corrected chi connectivity index (χ3v) is 17.2. The van der Waals surface area contributed by atoms with E-state index in [1.54, 1.807) is 0 Å². The fourth-order valence-corrected chi connectivity index (χ4v) is 14.1. The van der Waals surface area contributed by atoms with Crippen molar-refractivity contribution < 1.29 is 4.74 Å². The van der Waals surface area contributed by atoms with Gasteiger partial charge in [-0.05, 0) is 102 Å². The Morgan fingerprint density at radius 1 is 0.500 bits per heavy atom. The molecule has 0 bridgehead atoms. The molecule has 10 rings (SSSR count). The van der Waals surface area contributed by atoms with Gasteiger partial charge in [0.1, 0.15) is 19.6 Å². The summed E-state index contributed by atoms with van der Waals surface area (Å²) in [5, 5.41) is 3.03. The Hall–Kier alpha value is -5.58. The second kappa shape index (κ2) is 13.5. The molecule has 3 heterocycles. The largest absolute Gasteiger partial charge is 0.458 e. The van der Waals surface area contributed by atoms with E-state index < -0.39 is 13.5 Å². The van der Waals surface area contributed by atoms with E-state index in [1.165, 1.54) is 77.1 Å². The molecule has 4 heteroatoms. The van der Waals surface area contributed by atoms with Crippen molar-refractivity contribution in [2.45, 2.75) is 77.8 Å². The van der Waals surface area contributed by atoms with E-state index >= 15 is 0 Å². The number of hydrogen-bond donors (Lipinski definition) is 0. The predicted octanol–water partition coefficient (Wildman–Crippen LogP) is 11.0. The Labute approximate surface area is 346 Å². The molecule has 0 radical (unpaired) electrons. The molecule has 58 heavy (non-hydrogen) atoms. The van der Waals surface area contributed by atoms with Crippen LogP contribution in [0.3, 0.4) is 0 Å². The minimum Gasteiger partial charge on any atom is -0.458 e. The highest BCUT2D eigenvalue weighted by Crippen LogP contribution is 2.58. The van der Waals surface area contributed by atoms with E-state index in [9.17, 15) is 0 Å². The molecular weight excluding hydrogens is 717 g/mol. The average molecular weight is 770 g/mol. The first-order chi connectivity index (χ1) is 28.0. The Kier molecular flexibility index (Phi) is 8.55. The Morgan fingerprint density at radius 3 is 1.53 bits per heavy atom. The molecule has 7 aromatic carbocycles. The van der Waals surface area contributed by atoms with Crippen molar-refractivity contribution in [2.75, 3.05) is 4.90 Å². The van der Waals surface area contributed by atoms with Gasteiger partial charge in [0, 0.05) is 11.8 Å². The van der Waals surface area contributed by atoms with Gasteiger partial charge in [0.25, 0.3) is 6.71 Å². The first-order valence-corrected chi connectivity index (χ1v) is 24.3. The molecule has 3 aliphatic rings. The number of rotatable bonds is 5. The molecule has 1 spiro atoms. The molecule has 0 unspecified atom stereocenters. The normalized spacial score (nSPS) is 15.4. The highest BCUT2D eigenvalue weighted by Gasteiger charge is 2.53. The molecule has 0 aromatic heterocycles. The van der Waals surface area contributed by atoms with E-state index in [2.05, 4.69) is 211 Å². The lowest BCUT2D eigenvalue weighted by Gasteiger charge is -2.52. The molecule has 3 aliphatic heterocycles. The molecule has 0 amide bonds. The number of ether oxygens (including phenoxy) is 1. The van der Waals surface area contributed by atoms with E-state index in [0.29, 0.717) is 17.8 Å². The number of anilines is 3. The molecular formula is C54H52BNOSi. The summed E-state index contributed by atoms with van der Waals surface area (Å²) in [6, 6.07) is 57.7. The number of para-hydroxylation sites is 3. The summed E-state index contributed by atoms with van der Waals surface area (Å²) in [5.41, 5.74) is 16.7. The minimum absolute atomic E-state index is 0.0528. The fraction of sp³-hybridized carbons (Fsp3) is 0.222. The summed E-state index contributed by atoms with van der Waals surface area (Å²) in [6.45, 7) is 19.1. The lowest BCUT2D eigenvalue weighted by Crippen LogP contribution is -2.63. The number of hydrogen-bond acceptors (Lipinski definition) is 2. The smallest absolute Gasteiger partial charge is 0.251 e. The van der Waals surface area contributed by atoms with Gasteiger partial charge in [0.15, 0.2) is 0 Å². The predicted molar refractivity (Wildman–Crippen MR) is 250 cm³/mol. The zero-order valence-corrected chi connectivity index (χ0v) is 36.1. The first kappa shape index (κ1) is 36.7. The van der Waals surface area contributed by atoms with Crippen molar-refractivity contribution in [3.63, 3.8) is 0 Å². The van der Waals surface area contributed by atoms with Crippen molar-refractivity contribution >= 4 is 58.6 Å². The van der Waals surface area contributed by atoms with Crippen LogP contribution in [0.5, 0.6) is 11.5 Å². The molecule has 286 valence electrons. The van der Waals surface area contributed by atoms with Crippen molar-refractivity contribution in [1.82, 2.24) is 0 Å². The number of fused-ring (bicyclic) bond motifs is 10. The molecule has 0 aliphatic carbocycles. The summed E-state index contributed by atoms with van der Waals surface area (Å²) in [6.07, 6.45) is 0. The van der Waals surface area contributed by atoms with Crippen LogP contribution in [-0.2, 0) is 5.41 Å². The van der Waals surface area contributed by atoms with Crippen LogP contribution < -0.4 is 36.4 Å². The van der Waals surface area contributed by atoms with Crippen molar-refractivity contribution in [2.24, 2.45) is 0 Å². The summed E-state index contributed by atoms with van der Waals surface area (Å²) in [7, 11) is -2.01. The molecule has 0 atom stereocenters. The average Bonchev–Trinajstić information content (AvgIpc) is 3.23. The van der Waals surface area contributed by atoms with Crippen molar-refractivity contribution in [3.05, 3.63) is 191 Å². The van der Waals surface area contributed by atoms with Gasteiger partial charge < -0.3 is 9.64 Å². The Balaban J connectivity index is 1.21. The minimum atomic E-state index is -2.01. The summed E-state index contributed by atoms with van der Waals surface area (Å²) in [5.74, 6) is 3.08. The van der Waals surface area contributed by atoms with E-state index in [4.69, 9.17) is 4.74 Å². The van der Waals surface area contributed by atoms with Crippen molar-refractivity contribution in [1.29, 1.82) is 0 Å². The molecule has 2 nitrogen and oxygen atoms in total. The topological polar surface area (TPSA) is 12.5 Å². The molecule has 0 saturated carbocycles. The van der Waals surface area contributed by atoms with Crippen LogP contribution in [0.15, 0.2) is 152 Å². The van der Waals surface area contributed by atoms with Crippen LogP contribution in [0.25, 0.3) is 0 Å². The monoisotopic (exact) mass is 769 g/mol. The van der Waals surface area contributed by atoms with Gasteiger partial charge in [0.2, 0.25) is 0 Å². The quantitative estimate of drug-likeness (QED) is 0.162. The van der Waals surface area contributed by atoms with Crippen molar-refractivity contribution in [3.8, 4) is 11.5 Å². The number of nitrogens with zero attached hydrogens (tertiary/aromatic N) is 1. The lowest BCUT2D eigenvalue weighted by molar-refractivity contribution is 0.487. The SMILES string of the molecule is CC(C)c1cc(C(C)C)c(B2c3ccccc3Oc3cc(N4c5ccccc5C5(c6ccccc64)c4ccccc4[Si](C)(C)c4ccccc45)ccc32)c(C(C)C)c1. The van der Waals surface area contributed by atoms with Crippen LogP contribution in [0.4, 0.5) is 17.1 Å². The molecule has 7 aromatic rings. The third-order valence-electron chi connectivity index (χ3n) is 13.6. The van der Waals surface area contributed by atoms with E-state index in [1.807, 2.05) is 0 Å². The van der Waals surface area contributed by atoms with Gasteiger partial charge in [-0.25, -0.2) is 0 Å². The van der Waals surface area contributed by atoms with Gasteiger partial charge in [-0.15, -0.1) is 0 Å². The first-order valence-electron chi connectivity index (χ1n) is 21.3. The van der Waals surface area contributed by atoms with E-state index in [0.717, 1.165) is 17.2 Å². The van der Waals surface area contributed by atoms with Gasteiger partial charge in [-0.1, -0.05) is 181 Å². The highest BCUT2D eigenvalue weighted by molar-refractivity contribution is 7.01. The second-order valence-corrected chi connectivity index (χ2v) is 22.5. The van der Waals surface area contributed by atoms with E-state index in [-0.39, 0.29) is 6.71 Å². The lowest BCUT2D eigenvalue weighted by atomic mass is 9.34. The maximum absolute atomic E-state index is 7.00. The van der Waals surface area contributed by atoms with Gasteiger partial charge in [-0.3, -0.25) is 0 Å². The zero-order valence-electron chi connectivity index (χ0n) is 35.1.